The van der Waals surface area contributed by atoms with E-state index in [2.05, 4.69) is 279 Å². The molecule has 0 bridgehead atoms. The van der Waals surface area contributed by atoms with Crippen molar-refractivity contribution in [1.82, 2.24) is 14.1 Å². The Hall–Kier alpha value is -10.1. The Morgan fingerprint density at radius 1 is 0.416 bits per heavy atom. The minimum atomic E-state index is 0.0433. The fourth-order valence-electron chi connectivity index (χ4n) is 13.5. The summed E-state index contributed by atoms with van der Waals surface area (Å²) in [6.45, 7) is 2.22. The van der Waals surface area contributed by atoms with Gasteiger partial charge >= 0.3 is 0 Å². The highest BCUT2D eigenvalue weighted by atomic mass is 16.4. The maximum Gasteiger partial charge on any atom is 0.252 e. The Labute approximate surface area is 443 Å². The van der Waals surface area contributed by atoms with Crippen LogP contribution >= 0.6 is 0 Å². The molecule has 0 saturated carbocycles. The van der Waals surface area contributed by atoms with Crippen LogP contribution in [0.2, 0.25) is 0 Å². The summed E-state index contributed by atoms with van der Waals surface area (Å²) < 4.78 is 17.0. The van der Waals surface area contributed by atoms with Crippen LogP contribution in [0.3, 0.4) is 0 Å². The van der Waals surface area contributed by atoms with E-state index in [1.54, 1.807) is 0 Å². The van der Waals surface area contributed by atoms with Gasteiger partial charge in [0.2, 0.25) is 17.3 Å². The molecule has 77 heavy (non-hydrogen) atoms. The summed E-state index contributed by atoms with van der Waals surface area (Å²) in [6, 6.07) is 85.8. The average molecular weight is 987 g/mol. The molecule has 7 nitrogen and oxygen atoms in total. The number of nitrogens with zero attached hydrogens (tertiary/aromatic N) is 6. The molecule has 3 aliphatic rings. The van der Waals surface area contributed by atoms with Gasteiger partial charge in [-0.05, 0) is 115 Å². The van der Waals surface area contributed by atoms with Gasteiger partial charge in [-0.1, -0.05) is 109 Å². The van der Waals surface area contributed by atoms with Crippen molar-refractivity contribution in [3.05, 3.63) is 266 Å². The van der Waals surface area contributed by atoms with Crippen molar-refractivity contribution in [2.75, 3.05) is 4.90 Å². The van der Waals surface area contributed by atoms with Crippen molar-refractivity contribution in [3.8, 4) is 67.7 Å². The van der Waals surface area contributed by atoms with Gasteiger partial charge in [-0.25, -0.2) is 4.98 Å². The molecule has 9 heterocycles. The SMILES string of the molecule is Cc1c(-c2ccccc2)cc(-c2ccccc2)nc1-n1c2ccccc2c2cc3c4cc(-c5ccc(N6c7cccc8c7C(C7c9c(cccc96)-c6cccc[n+]67)[n+]6ccccc6-8)o5)ccc4n(-c4ccccc4)c3cc21. The lowest BCUT2D eigenvalue weighted by Crippen LogP contribution is -2.50. The fourth-order valence-corrected chi connectivity index (χ4v) is 13.5. The van der Waals surface area contributed by atoms with Gasteiger partial charge in [-0.3, -0.25) is 9.47 Å². The highest BCUT2D eigenvalue weighted by Crippen LogP contribution is 2.57. The monoisotopic (exact) mass is 986 g/mol. The van der Waals surface area contributed by atoms with Crippen LogP contribution in [0.15, 0.2) is 253 Å². The minimum absolute atomic E-state index is 0.0433. The minimum Gasteiger partial charge on any atom is -0.440 e. The third kappa shape index (κ3) is 5.93. The molecular formula is C70H46N6O+2. The second kappa shape index (κ2) is 15.9. The molecule has 2 atom stereocenters. The van der Waals surface area contributed by atoms with Gasteiger partial charge in [0.25, 0.3) is 12.1 Å². The predicted octanol–water partition coefficient (Wildman–Crippen LogP) is 16.4. The number of aromatic nitrogens is 5. The highest BCUT2D eigenvalue weighted by molar-refractivity contribution is 6.19. The number of anilines is 3. The second-order valence-electron chi connectivity index (χ2n) is 20.7. The van der Waals surface area contributed by atoms with Crippen molar-refractivity contribution in [3.63, 3.8) is 0 Å². The van der Waals surface area contributed by atoms with Gasteiger partial charge in [0.1, 0.15) is 11.6 Å². The lowest BCUT2D eigenvalue weighted by molar-refractivity contribution is -0.787. The number of hydrogen-bond acceptors (Lipinski definition) is 3. The number of rotatable bonds is 6. The van der Waals surface area contributed by atoms with E-state index < -0.39 is 0 Å². The van der Waals surface area contributed by atoms with Crippen molar-refractivity contribution in [1.29, 1.82) is 0 Å². The van der Waals surface area contributed by atoms with Crippen molar-refractivity contribution >= 4 is 60.9 Å². The Morgan fingerprint density at radius 2 is 1.00 bits per heavy atom. The lowest BCUT2D eigenvalue weighted by Gasteiger charge is -2.24. The van der Waals surface area contributed by atoms with Crippen molar-refractivity contribution < 1.29 is 13.6 Å². The predicted molar refractivity (Wildman–Crippen MR) is 308 cm³/mol. The molecule has 7 heteroatoms. The smallest absolute Gasteiger partial charge is 0.252 e. The summed E-state index contributed by atoms with van der Waals surface area (Å²) >= 11 is 0. The first-order valence-corrected chi connectivity index (χ1v) is 26.5. The maximum absolute atomic E-state index is 7.25. The van der Waals surface area contributed by atoms with E-state index in [0.29, 0.717) is 0 Å². The van der Waals surface area contributed by atoms with E-state index in [1.165, 1.54) is 49.8 Å². The molecule has 360 valence electrons. The zero-order valence-electron chi connectivity index (χ0n) is 41.9. The van der Waals surface area contributed by atoms with Crippen molar-refractivity contribution in [2.45, 2.75) is 19.0 Å². The van der Waals surface area contributed by atoms with Crippen LogP contribution < -0.4 is 14.0 Å². The molecule has 0 fully saturated rings. The van der Waals surface area contributed by atoms with Gasteiger partial charge in [-0.2, -0.15) is 9.13 Å². The Kier molecular flexibility index (Phi) is 8.76. The normalized spacial score (nSPS) is 14.8. The molecule has 0 N–H and O–H groups in total. The molecule has 0 saturated heterocycles. The van der Waals surface area contributed by atoms with E-state index in [1.807, 2.05) is 0 Å². The molecule has 0 amide bonds. The number of fused-ring (bicyclic) bond motifs is 13. The van der Waals surface area contributed by atoms with Gasteiger partial charge in [0.05, 0.1) is 61.4 Å². The lowest BCUT2D eigenvalue weighted by atomic mass is 9.92. The number of pyridine rings is 3. The molecule has 17 rings (SSSR count). The van der Waals surface area contributed by atoms with Crippen LogP contribution in [0.25, 0.3) is 111 Å². The highest BCUT2D eigenvalue weighted by Gasteiger charge is 2.56. The molecule has 8 aromatic carbocycles. The molecule has 6 aromatic heterocycles. The largest absolute Gasteiger partial charge is 0.440 e. The second-order valence-corrected chi connectivity index (χ2v) is 20.7. The summed E-state index contributed by atoms with van der Waals surface area (Å²) in [5.41, 5.74) is 21.8. The Balaban J connectivity index is 0.870. The molecule has 0 radical (unpaired) electrons. The van der Waals surface area contributed by atoms with Crippen LogP contribution in [0, 0.1) is 6.92 Å². The first-order chi connectivity index (χ1) is 38.1. The van der Waals surface area contributed by atoms with Crippen LogP contribution in [-0.4, -0.2) is 14.1 Å². The maximum atomic E-state index is 7.25. The zero-order chi connectivity index (χ0) is 50.5. The van der Waals surface area contributed by atoms with Gasteiger partial charge in [0, 0.05) is 74.3 Å². The Morgan fingerprint density at radius 3 is 1.70 bits per heavy atom. The molecule has 0 spiro atoms. The number of furan rings is 1. The standard InChI is InChI=1S/C70H46N6O/c1-43-51(44-19-5-2-6-20-44)41-55(45-21-7-3-8-22-45)71-70(43)76-58-30-12-11-25-48(58)53-40-54-52-39-46(33-34-59(52)74(62(54)42-63(53)76)47-23-9-4-10-24-47)64-35-36-65(77-64)75-60-31-17-26-49-56-28-13-15-37-72(56)68(66(49)60)69-67-50(27-18-32-61(67)75)57-29-14-16-38-73(57)69/h2-42,68-69H,1H3/q+2. The molecular weight excluding hydrogens is 941 g/mol. The summed E-state index contributed by atoms with van der Waals surface area (Å²) in [5.74, 6) is 2.50. The quantitative estimate of drug-likeness (QED) is 0.156. The third-order valence-corrected chi connectivity index (χ3v) is 16.8. The zero-order valence-corrected chi connectivity index (χ0v) is 41.9. The van der Waals surface area contributed by atoms with Crippen LogP contribution in [0.5, 0.6) is 0 Å². The van der Waals surface area contributed by atoms with E-state index in [0.717, 1.165) is 95.5 Å². The first-order valence-electron chi connectivity index (χ1n) is 26.5. The fraction of sp³-hybridized carbons (Fsp3) is 0.0429. The van der Waals surface area contributed by atoms with E-state index in [-0.39, 0.29) is 12.1 Å². The van der Waals surface area contributed by atoms with E-state index in [9.17, 15) is 0 Å². The van der Waals surface area contributed by atoms with Gasteiger partial charge < -0.3 is 8.98 Å². The summed E-state index contributed by atoms with van der Waals surface area (Å²) in [6.07, 6.45) is 4.51. The number of benzene rings is 8. The summed E-state index contributed by atoms with van der Waals surface area (Å²) in [4.78, 5) is 7.95. The van der Waals surface area contributed by atoms with Crippen LogP contribution in [0.1, 0.15) is 28.8 Å². The molecule has 14 aromatic rings. The van der Waals surface area contributed by atoms with Crippen LogP contribution in [-0.2, 0) is 0 Å². The summed E-state index contributed by atoms with van der Waals surface area (Å²) in [7, 11) is 0. The number of hydrogen-bond donors (Lipinski definition) is 0. The summed E-state index contributed by atoms with van der Waals surface area (Å²) in [5, 5.41) is 4.66. The van der Waals surface area contributed by atoms with Gasteiger partial charge in [0.15, 0.2) is 12.4 Å². The number of para-hydroxylation sites is 2. The topological polar surface area (TPSA) is 46.9 Å². The first kappa shape index (κ1) is 42.3. The molecule has 3 aliphatic heterocycles. The molecule has 2 unspecified atom stereocenters. The average Bonchev–Trinajstić information content (AvgIpc) is 4.50. The van der Waals surface area contributed by atoms with Crippen molar-refractivity contribution in [2.24, 2.45) is 0 Å². The Bertz CT molecular complexity index is 4680. The van der Waals surface area contributed by atoms with E-state index in [4.69, 9.17) is 9.40 Å². The third-order valence-electron chi connectivity index (χ3n) is 16.8. The van der Waals surface area contributed by atoms with Gasteiger partial charge in [-0.15, -0.1) is 0 Å². The van der Waals surface area contributed by atoms with Crippen LogP contribution in [0.4, 0.5) is 17.3 Å². The molecule has 0 aliphatic carbocycles. The van der Waals surface area contributed by atoms with E-state index >= 15 is 0 Å².